The standard InChI is InChI=1S/C19H22N2O2S/c1-4-8-20-19(22)17-11-18-16(9-13(2)24-18)21(17)12-14-6-5-7-15(10-14)23-3/h5-7,9-11H,4,8,12H2,1-3H3,(H,20,22). The van der Waals surface area contributed by atoms with Gasteiger partial charge in [-0.3, -0.25) is 4.79 Å². The molecule has 0 saturated heterocycles. The SMILES string of the molecule is CCCNC(=O)c1cc2sc(C)cc2n1Cc1cccc(OC)c1. The molecule has 0 aliphatic carbocycles. The topological polar surface area (TPSA) is 43.3 Å². The van der Waals surface area contributed by atoms with Gasteiger partial charge in [0.15, 0.2) is 0 Å². The van der Waals surface area contributed by atoms with Crippen molar-refractivity contribution in [1.29, 1.82) is 0 Å². The predicted octanol–water partition coefficient (Wildman–Crippen LogP) is 4.21. The second kappa shape index (κ2) is 7.09. The summed E-state index contributed by atoms with van der Waals surface area (Å²) < 4.78 is 8.56. The number of nitrogens with one attached hydrogen (secondary N) is 1. The molecule has 1 aromatic carbocycles. The normalized spacial score (nSPS) is 11.0. The average molecular weight is 342 g/mol. The Hall–Kier alpha value is -2.27. The van der Waals surface area contributed by atoms with Crippen LogP contribution in [0.25, 0.3) is 10.2 Å². The van der Waals surface area contributed by atoms with Gasteiger partial charge in [0.2, 0.25) is 0 Å². The number of amides is 1. The quantitative estimate of drug-likeness (QED) is 0.729. The first kappa shape index (κ1) is 16.6. The number of aryl methyl sites for hydroxylation is 1. The van der Waals surface area contributed by atoms with E-state index in [1.807, 2.05) is 24.3 Å². The molecule has 1 N–H and O–H groups in total. The van der Waals surface area contributed by atoms with E-state index < -0.39 is 0 Å². The maximum Gasteiger partial charge on any atom is 0.267 e. The third kappa shape index (κ3) is 3.31. The molecule has 0 bridgehead atoms. The first-order chi connectivity index (χ1) is 11.6. The summed E-state index contributed by atoms with van der Waals surface area (Å²) in [6, 6.07) is 12.1. The minimum Gasteiger partial charge on any atom is -0.497 e. The molecule has 3 aromatic rings. The summed E-state index contributed by atoms with van der Waals surface area (Å²) in [6.45, 7) is 5.48. The molecule has 0 aliphatic rings. The zero-order valence-corrected chi connectivity index (χ0v) is 15.1. The first-order valence-electron chi connectivity index (χ1n) is 8.13. The van der Waals surface area contributed by atoms with Crippen LogP contribution in [-0.2, 0) is 6.54 Å². The summed E-state index contributed by atoms with van der Waals surface area (Å²) >= 11 is 1.72. The molecule has 0 unspecified atom stereocenters. The Morgan fingerprint density at radius 2 is 2.12 bits per heavy atom. The second-order valence-corrected chi connectivity index (χ2v) is 7.12. The minimum absolute atomic E-state index is 0.0131. The Morgan fingerprint density at radius 3 is 2.88 bits per heavy atom. The fourth-order valence-electron chi connectivity index (χ4n) is 2.81. The molecule has 1 amide bonds. The lowest BCUT2D eigenvalue weighted by molar-refractivity contribution is 0.0945. The maximum absolute atomic E-state index is 12.5. The van der Waals surface area contributed by atoms with Crippen molar-refractivity contribution >= 4 is 27.5 Å². The number of fused-ring (bicyclic) bond motifs is 1. The molecular formula is C19H22N2O2S. The van der Waals surface area contributed by atoms with Crippen LogP contribution in [0, 0.1) is 6.92 Å². The third-order valence-corrected chi connectivity index (χ3v) is 4.94. The Bertz CT molecular complexity index is 864. The number of hydrogen-bond acceptors (Lipinski definition) is 3. The van der Waals surface area contributed by atoms with E-state index in [0.717, 1.165) is 28.0 Å². The zero-order valence-electron chi connectivity index (χ0n) is 14.3. The van der Waals surface area contributed by atoms with E-state index in [0.29, 0.717) is 18.8 Å². The number of methoxy groups -OCH3 is 1. The van der Waals surface area contributed by atoms with Crippen molar-refractivity contribution in [3.63, 3.8) is 0 Å². The molecule has 5 heteroatoms. The fourth-order valence-corrected chi connectivity index (χ4v) is 3.77. The molecule has 0 spiro atoms. The van der Waals surface area contributed by atoms with Crippen LogP contribution in [0.4, 0.5) is 0 Å². The van der Waals surface area contributed by atoms with Crippen molar-refractivity contribution in [2.24, 2.45) is 0 Å². The average Bonchev–Trinajstić information content (AvgIpc) is 3.10. The summed E-state index contributed by atoms with van der Waals surface area (Å²) in [4.78, 5) is 13.8. The van der Waals surface area contributed by atoms with Gasteiger partial charge in [-0.2, -0.15) is 0 Å². The van der Waals surface area contributed by atoms with E-state index in [-0.39, 0.29) is 5.91 Å². The van der Waals surface area contributed by atoms with Crippen LogP contribution in [0.3, 0.4) is 0 Å². The number of hydrogen-bond donors (Lipinski definition) is 1. The molecule has 24 heavy (non-hydrogen) atoms. The monoisotopic (exact) mass is 342 g/mol. The Balaban J connectivity index is 2.01. The summed E-state index contributed by atoms with van der Waals surface area (Å²) in [6.07, 6.45) is 0.926. The number of thiophene rings is 1. The first-order valence-corrected chi connectivity index (χ1v) is 8.94. The van der Waals surface area contributed by atoms with Gasteiger partial charge in [0.1, 0.15) is 11.4 Å². The van der Waals surface area contributed by atoms with Gasteiger partial charge in [-0.1, -0.05) is 19.1 Å². The van der Waals surface area contributed by atoms with Gasteiger partial charge < -0.3 is 14.6 Å². The Morgan fingerprint density at radius 1 is 1.29 bits per heavy atom. The summed E-state index contributed by atoms with van der Waals surface area (Å²) in [5.41, 5.74) is 2.94. The highest BCUT2D eigenvalue weighted by Crippen LogP contribution is 2.29. The van der Waals surface area contributed by atoms with Gasteiger partial charge >= 0.3 is 0 Å². The van der Waals surface area contributed by atoms with Gasteiger partial charge in [0, 0.05) is 18.0 Å². The lowest BCUT2D eigenvalue weighted by atomic mass is 10.2. The van der Waals surface area contributed by atoms with Gasteiger partial charge in [0.05, 0.1) is 17.3 Å². The van der Waals surface area contributed by atoms with E-state index in [1.54, 1.807) is 18.4 Å². The van der Waals surface area contributed by atoms with Crippen molar-refractivity contribution < 1.29 is 9.53 Å². The maximum atomic E-state index is 12.5. The van der Waals surface area contributed by atoms with Gasteiger partial charge in [-0.05, 0) is 43.2 Å². The van der Waals surface area contributed by atoms with Crippen molar-refractivity contribution in [2.45, 2.75) is 26.8 Å². The number of aromatic nitrogens is 1. The highest BCUT2D eigenvalue weighted by Gasteiger charge is 2.17. The van der Waals surface area contributed by atoms with E-state index in [2.05, 4.69) is 35.9 Å². The van der Waals surface area contributed by atoms with Crippen LogP contribution in [0.1, 0.15) is 34.3 Å². The predicted molar refractivity (Wildman–Crippen MR) is 99.3 cm³/mol. The van der Waals surface area contributed by atoms with Crippen LogP contribution >= 0.6 is 11.3 Å². The fraction of sp³-hybridized carbons (Fsp3) is 0.316. The van der Waals surface area contributed by atoms with Crippen LogP contribution in [0.5, 0.6) is 5.75 Å². The number of benzene rings is 1. The third-order valence-electron chi connectivity index (χ3n) is 3.96. The molecular weight excluding hydrogens is 320 g/mol. The molecule has 2 aromatic heterocycles. The number of carbonyl (C=O) groups excluding carboxylic acids is 1. The van der Waals surface area contributed by atoms with Gasteiger partial charge in [-0.25, -0.2) is 0 Å². The van der Waals surface area contributed by atoms with Crippen LogP contribution in [-0.4, -0.2) is 24.1 Å². The lowest BCUT2D eigenvalue weighted by Gasteiger charge is -2.11. The molecule has 3 rings (SSSR count). The number of ether oxygens (including phenoxy) is 1. The van der Waals surface area contributed by atoms with Crippen LogP contribution < -0.4 is 10.1 Å². The lowest BCUT2D eigenvalue weighted by Crippen LogP contribution is -2.26. The van der Waals surface area contributed by atoms with E-state index >= 15 is 0 Å². The smallest absolute Gasteiger partial charge is 0.267 e. The highest BCUT2D eigenvalue weighted by atomic mass is 32.1. The van der Waals surface area contributed by atoms with Crippen LogP contribution in [0.2, 0.25) is 0 Å². The molecule has 0 aliphatic heterocycles. The van der Waals surface area contributed by atoms with Crippen LogP contribution in [0.15, 0.2) is 36.4 Å². The summed E-state index contributed by atoms with van der Waals surface area (Å²) in [7, 11) is 1.67. The molecule has 126 valence electrons. The molecule has 0 atom stereocenters. The number of carbonyl (C=O) groups is 1. The van der Waals surface area contributed by atoms with Crippen molar-refractivity contribution in [1.82, 2.24) is 9.88 Å². The van der Waals surface area contributed by atoms with E-state index in [9.17, 15) is 4.79 Å². The van der Waals surface area contributed by atoms with Gasteiger partial charge in [-0.15, -0.1) is 11.3 Å². The molecule has 0 saturated carbocycles. The van der Waals surface area contributed by atoms with E-state index in [4.69, 9.17) is 4.74 Å². The number of rotatable bonds is 6. The number of nitrogens with zero attached hydrogens (tertiary/aromatic N) is 1. The minimum atomic E-state index is -0.0131. The summed E-state index contributed by atoms with van der Waals surface area (Å²) in [5, 5.41) is 2.98. The molecule has 2 heterocycles. The van der Waals surface area contributed by atoms with Crippen molar-refractivity contribution in [3.05, 3.63) is 52.5 Å². The molecule has 0 fully saturated rings. The largest absolute Gasteiger partial charge is 0.497 e. The highest BCUT2D eigenvalue weighted by molar-refractivity contribution is 7.19. The molecule has 4 nitrogen and oxygen atoms in total. The van der Waals surface area contributed by atoms with Crippen molar-refractivity contribution in [2.75, 3.05) is 13.7 Å². The van der Waals surface area contributed by atoms with E-state index in [1.165, 1.54) is 4.88 Å². The van der Waals surface area contributed by atoms with Gasteiger partial charge in [0.25, 0.3) is 5.91 Å². The summed E-state index contributed by atoms with van der Waals surface area (Å²) in [5.74, 6) is 0.815. The Labute approximate surface area is 146 Å². The van der Waals surface area contributed by atoms with Crippen molar-refractivity contribution in [3.8, 4) is 5.75 Å². The Kier molecular flexibility index (Phi) is 4.90. The molecule has 0 radical (unpaired) electrons. The second-order valence-electron chi connectivity index (χ2n) is 5.83. The zero-order chi connectivity index (χ0) is 17.1.